The SMILES string of the molecule is CC1=C(C#N)C(=O)N(CCCOC(C)C)C(=O)/C1=C/c1cn(-c2ccccc2)nc1-c1ccc(OCc2ccccc2Cl)cc1. The van der Waals surface area contributed by atoms with Gasteiger partial charge in [-0.05, 0) is 81.3 Å². The molecular weight excluding hydrogens is 588 g/mol. The van der Waals surface area contributed by atoms with E-state index in [0.29, 0.717) is 47.2 Å². The van der Waals surface area contributed by atoms with E-state index in [1.54, 1.807) is 17.7 Å². The molecule has 0 N–H and O–H groups in total. The maximum absolute atomic E-state index is 13.7. The van der Waals surface area contributed by atoms with Crippen molar-refractivity contribution in [3.05, 3.63) is 118 Å². The van der Waals surface area contributed by atoms with E-state index in [2.05, 4.69) is 0 Å². The smallest absolute Gasteiger partial charge is 0.271 e. The van der Waals surface area contributed by atoms with Gasteiger partial charge in [0.05, 0.1) is 17.5 Å². The van der Waals surface area contributed by atoms with Crippen LogP contribution in [0.5, 0.6) is 5.75 Å². The molecule has 0 radical (unpaired) electrons. The Morgan fingerprint density at radius 2 is 1.69 bits per heavy atom. The Morgan fingerprint density at radius 1 is 0.978 bits per heavy atom. The summed E-state index contributed by atoms with van der Waals surface area (Å²) in [6, 6.07) is 26.7. The van der Waals surface area contributed by atoms with E-state index in [-0.39, 0.29) is 23.8 Å². The molecule has 0 fully saturated rings. The first kappa shape index (κ1) is 31.5. The third-order valence-corrected chi connectivity index (χ3v) is 7.71. The Bertz CT molecular complexity index is 1800. The van der Waals surface area contributed by atoms with Crippen LogP contribution in [0.15, 0.2) is 102 Å². The van der Waals surface area contributed by atoms with Gasteiger partial charge >= 0.3 is 0 Å². The summed E-state index contributed by atoms with van der Waals surface area (Å²) < 4.78 is 13.3. The van der Waals surface area contributed by atoms with Crippen LogP contribution >= 0.6 is 11.6 Å². The largest absolute Gasteiger partial charge is 0.489 e. The predicted octanol–water partition coefficient (Wildman–Crippen LogP) is 7.18. The molecule has 1 aliphatic heterocycles. The summed E-state index contributed by atoms with van der Waals surface area (Å²) in [5.41, 5.74) is 4.35. The van der Waals surface area contributed by atoms with E-state index in [1.807, 2.05) is 105 Å². The van der Waals surface area contributed by atoms with E-state index in [9.17, 15) is 14.9 Å². The van der Waals surface area contributed by atoms with Gasteiger partial charge in [0, 0.05) is 46.6 Å². The Morgan fingerprint density at radius 3 is 2.38 bits per heavy atom. The summed E-state index contributed by atoms with van der Waals surface area (Å²) in [5.74, 6) is -0.381. The molecule has 0 saturated heterocycles. The van der Waals surface area contributed by atoms with Crippen LogP contribution in [0.4, 0.5) is 0 Å². The Hall–Kier alpha value is -4.97. The van der Waals surface area contributed by atoms with Crippen LogP contribution in [0, 0.1) is 11.3 Å². The van der Waals surface area contributed by atoms with Gasteiger partial charge in [0.15, 0.2) is 0 Å². The lowest BCUT2D eigenvalue weighted by Gasteiger charge is -2.27. The number of rotatable bonds is 11. The minimum Gasteiger partial charge on any atom is -0.489 e. The maximum atomic E-state index is 13.7. The number of imide groups is 1. The van der Waals surface area contributed by atoms with Gasteiger partial charge in [-0.3, -0.25) is 14.5 Å². The van der Waals surface area contributed by atoms with Crippen LogP contribution in [-0.2, 0) is 20.9 Å². The number of nitriles is 1. The van der Waals surface area contributed by atoms with E-state index in [0.717, 1.165) is 21.7 Å². The normalized spacial score (nSPS) is 14.4. The number of halogens is 1. The van der Waals surface area contributed by atoms with Crippen molar-refractivity contribution in [2.24, 2.45) is 0 Å². The van der Waals surface area contributed by atoms with Gasteiger partial charge in [-0.1, -0.05) is 48.0 Å². The molecule has 228 valence electrons. The summed E-state index contributed by atoms with van der Waals surface area (Å²) in [6.07, 6.45) is 4.04. The van der Waals surface area contributed by atoms with Gasteiger partial charge in [0.25, 0.3) is 11.8 Å². The maximum Gasteiger partial charge on any atom is 0.271 e. The van der Waals surface area contributed by atoms with Crippen LogP contribution < -0.4 is 4.74 Å². The van der Waals surface area contributed by atoms with Crippen molar-refractivity contribution in [2.75, 3.05) is 13.2 Å². The average molecular weight is 621 g/mol. The molecule has 1 aromatic heterocycles. The standard InChI is InChI=1S/C36H33ClN4O4/c1-24(2)44-19-9-18-40-35(42)31(25(3)32(21-38)36(40)43)20-28-22-41(29-11-5-4-6-12-29)39-34(28)26-14-16-30(17-15-26)45-23-27-10-7-8-13-33(27)37/h4-8,10-17,20,22,24H,9,18-19,23H2,1-3H3/b31-20+. The fraction of sp³-hybridized carbons (Fsp3) is 0.222. The highest BCUT2D eigenvalue weighted by molar-refractivity contribution is 6.31. The second-order valence-corrected chi connectivity index (χ2v) is 11.2. The molecule has 4 aromatic rings. The third-order valence-electron chi connectivity index (χ3n) is 7.35. The number of carbonyl (C=O) groups excluding carboxylic acids is 2. The molecule has 2 heterocycles. The van der Waals surface area contributed by atoms with E-state index in [4.69, 9.17) is 26.2 Å². The van der Waals surface area contributed by atoms with E-state index < -0.39 is 11.8 Å². The van der Waals surface area contributed by atoms with Crippen molar-refractivity contribution in [3.8, 4) is 28.8 Å². The first-order valence-corrected chi connectivity index (χ1v) is 15.1. The van der Waals surface area contributed by atoms with Crippen LogP contribution in [0.1, 0.15) is 38.3 Å². The van der Waals surface area contributed by atoms with Gasteiger partial charge in [-0.25, -0.2) is 4.68 Å². The van der Waals surface area contributed by atoms with Crippen molar-refractivity contribution in [1.82, 2.24) is 14.7 Å². The highest BCUT2D eigenvalue weighted by atomic mass is 35.5. The first-order valence-electron chi connectivity index (χ1n) is 14.7. The summed E-state index contributed by atoms with van der Waals surface area (Å²) in [7, 11) is 0. The lowest BCUT2D eigenvalue weighted by molar-refractivity contribution is -0.140. The summed E-state index contributed by atoms with van der Waals surface area (Å²) >= 11 is 6.28. The number of amides is 2. The molecule has 5 rings (SSSR count). The molecule has 2 amide bonds. The fourth-order valence-electron chi connectivity index (χ4n) is 4.95. The fourth-order valence-corrected chi connectivity index (χ4v) is 5.14. The van der Waals surface area contributed by atoms with Crippen LogP contribution in [0.3, 0.4) is 0 Å². The molecule has 0 bridgehead atoms. The molecule has 0 saturated carbocycles. The molecule has 0 spiro atoms. The van der Waals surface area contributed by atoms with E-state index in [1.165, 1.54) is 0 Å². The van der Waals surface area contributed by atoms with Crippen molar-refractivity contribution < 1.29 is 19.1 Å². The molecule has 0 aliphatic carbocycles. The summed E-state index contributed by atoms with van der Waals surface area (Å²) in [6.45, 7) is 6.34. The van der Waals surface area contributed by atoms with Crippen molar-refractivity contribution in [1.29, 1.82) is 5.26 Å². The second kappa shape index (κ2) is 14.2. The van der Waals surface area contributed by atoms with Gasteiger partial charge in [0.1, 0.15) is 24.0 Å². The Kier molecular flexibility index (Phi) is 9.93. The van der Waals surface area contributed by atoms with Gasteiger partial charge in [-0.15, -0.1) is 0 Å². The molecule has 0 atom stereocenters. The number of hydrogen-bond donors (Lipinski definition) is 0. The number of nitrogens with zero attached hydrogens (tertiary/aromatic N) is 4. The minimum atomic E-state index is -0.589. The topological polar surface area (TPSA) is 97.5 Å². The zero-order chi connectivity index (χ0) is 31.9. The Balaban J connectivity index is 1.50. The first-order chi connectivity index (χ1) is 21.8. The number of benzene rings is 3. The lowest BCUT2D eigenvalue weighted by Crippen LogP contribution is -2.43. The number of hydrogen-bond acceptors (Lipinski definition) is 6. The van der Waals surface area contributed by atoms with Crippen LogP contribution in [0.2, 0.25) is 5.02 Å². The van der Waals surface area contributed by atoms with Crippen molar-refractivity contribution in [3.63, 3.8) is 0 Å². The number of ether oxygens (including phenoxy) is 2. The molecule has 1 aliphatic rings. The van der Waals surface area contributed by atoms with Crippen molar-refractivity contribution >= 4 is 29.5 Å². The molecule has 8 nitrogen and oxygen atoms in total. The number of carbonyl (C=O) groups is 2. The summed E-state index contributed by atoms with van der Waals surface area (Å²) in [4.78, 5) is 28.0. The minimum absolute atomic E-state index is 0.0348. The molecule has 9 heteroatoms. The summed E-state index contributed by atoms with van der Waals surface area (Å²) in [5, 5.41) is 15.4. The molecule has 3 aromatic carbocycles. The van der Waals surface area contributed by atoms with Gasteiger partial charge in [-0.2, -0.15) is 10.4 Å². The Labute approximate surface area is 267 Å². The zero-order valence-corrected chi connectivity index (χ0v) is 26.1. The highest BCUT2D eigenvalue weighted by Crippen LogP contribution is 2.32. The quantitative estimate of drug-likeness (QED) is 0.100. The third kappa shape index (κ3) is 7.23. The molecule has 0 unspecified atom stereocenters. The zero-order valence-electron chi connectivity index (χ0n) is 25.4. The molecular formula is C36H33ClN4O4. The average Bonchev–Trinajstić information content (AvgIpc) is 3.47. The van der Waals surface area contributed by atoms with Crippen LogP contribution in [0.25, 0.3) is 23.0 Å². The second-order valence-electron chi connectivity index (χ2n) is 10.8. The highest BCUT2D eigenvalue weighted by Gasteiger charge is 2.35. The lowest BCUT2D eigenvalue weighted by atomic mass is 9.93. The van der Waals surface area contributed by atoms with E-state index >= 15 is 0 Å². The van der Waals surface area contributed by atoms with Gasteiger partial charge in [0.2, 0.25) is 0 Å². The molecule has 45 heavy (non-hydrogen) atoms. The van der Waals surface area contributed by atoms with Gasteiger partial charge < -0.3 is 9.47 Å². The number of aromatic nitrogens is 2. The predicted molar refractivity (Wildman–Crippen MR) is 173 cm³/mol. The van der Waals surface area contributed by atoms with Crippen molar-refractivity contribution in [2.45, 2.75) is 39.9 Å². The number of para-hydroxylation sites is 1. The van der Waals surface area contributed by atoms with Crippen LogP contribution in [-0.4, -0.2) is 45.8 Å². The monoisotopic (exact) mass is 620 g/mol.